The highest BCUT2D eigenvalue weighted by Gasteiger charge is 2.21. The number of pyridine rings is 1. The van der Waals surface area contributed by atoms with Crippen LogP contribution in [0.5, 0.6) is 5.75 Å². The predicted molar refractivity (Wildman–Crippen MR) is 58.5 cm³/mol. The fourth-order valence-electron chi connectivity index (χ4n) is 1.42. The first-order valence-electron chi connectivity index (χ1n) is 4.80. The van der Waals surface area contributed by atoms with Crippen LogP contribution in [0.2, 0.25) is 0 Å². The van der Waals surface area contributed by atoms with Crippen molar-refractivity contribution in [1.82, 2.24) is 4.98 Å². The van der Waals surface area contributed by atoms with E-state index in [9.17, 15) is 18.3 Å². The zero-order chi connectivity index (χ0) is 12.5. The highest BCUT2D eigenvalue weighted by molar-refractivity contribution is 5.84. The molecular formula is C12H8F3NO. The molecule has 0 amide bonds. The number of benzene rings is 1. The van der Waals surface area contributed by atoms with Crippen LogP contribution in [0.15, 0.2) is 36.4 Å². The summed E-state index contributed by atoms with van der Waals surface area (Å²) in [4.78, 5) is 3.94. The van der Waals surface area contributed by atoms with Gasteiger partial charge < -0.3 is 5.11 Å². The van der Waals surface area contributed by atoms with Gasteiger partial charge >= 0.3 is 6.18 Å². The molecule has 1 N–H and O–H groups in total. The minimum Gasteiger partial charge on any atom is -0.506 e. The Balaban J connectivity index is 2.45. The van der Waals surface area contributed by atoms with Gasteiger partial charge in [-0.25, -0.2) is 4.98 Å². The molecule has 0 atom stereocenters. The summed E-state index contributed by atoms with van der Waals surface area (Å²) >= 11 is 0. The number of halogens is 3. The summed E-state index contributed by atoms with van der Waals surface area (Å²) in [7, 11) is 0. The van der Waals surface area contributed by atoms with Gasteiger partial charge in [-0.2, -0.15) is 13.2 Å². The highest BCUT2D eigenvalue weighted by Crippen LogP contribution is 2.23. The maximum atomic E-state index is 12.0. The number of nitrogens with zero attached hydrogens (tertiary/aromatic N) is 1. The van der Waals surface area contributed by atoms with Crippen molar-refractivity contribution in [2.24, 2.45) is 0 Å². The van der Waals surface area contributed by atoms with E-state index < -0.39 is 6.18 Å². The molecule has 1 heterocycles. The number of hydrogen-bond acceptors (Lipinski definition) is 2. The van der Waals surface area contributed by atoms with Crippen molar-refractivity contribution in [2.45, 2.75) is 6.18 Å². The average Bonchev–Trinajstić information content (AvgIpc) is 2.26. The van der Waals surface area contributed by atoms with E-state index in [0.29, 0.717) is 5.39 Å². The van der Waals surface area contributed by atoms with Crippen molar-refractivity contribution in [3.63, 3.8) is 0 Å². The van der Waals surface area contributed by atoms with Crippen molar-refractivity contribution in [3.8, 4) is 5.75 Å². The molecular weight excluding hydrogens is 231 g/mol. The molecule has 2 rings (SSSR count). The molecule has 0 aliphatic carbocycles. The SMILES string of the molecule is Oc1cccc2ccc(C=CC(F)(F)F)nc12. The normalized spacial score (nSPS) is 12.4. The molecule has 0 saturated carbocycles. The van der Waals surface area contributed by atoms with Gasteiger partial charge in [-0.1, -0.05) is 18.2 Å². The third-order valence-electron chi connectivity index (χ3n) is 2.16. The first-order chi connectivity index (χ1) is 7.96. The van der Waals surface area contributed by atoms with E-state index in [1.165, 1.54) is 12.1 Å². The number of alkyl halides is 3. The molecule has 1 aromatic carbocycles. The number of hydrogen-bond donors (Lipinski definition) is 1. The summed E-state index contributed by atoms with van der Waals surface area (Å²) in [5.74, 6) is -0.0511. The Kier molecular flexibility index (Phi) is 2.75. The third-order valence-corrected chi connectivity index (χ3v) is 2.16. The lowest BCUT2D eigenvalue weighted by Gasteiger charge is -2.02. The summed E-state index contributed by atoms with van der Waals surface area (Å²) in [6, 6.07) is 7.87. The van der Waals surface area contributed by atoms with Crippen molar-refractivity contribution in [3.05, 3.63) is 42.1 Å². The summed E-state index contributed by atoms with van der Waals surface area (Å²) in [6.45, 7) is 0. The van der Waals surface area contributed by atoms with Gasteiger partial charge in [-0.3, -0.25) is 0 Å². The number of aromatic hydroxyl groups is 1. The van der Waals surface area contributed by atoms with E-state index in [0.717, 1.165) is 6.08 Å². The number of phenols is 1. The number of rotatable bonds is 1. The van der Waals surface area contributed by atoms with Crippen LogP contribution < -0.4 is 0 Å². The first-order valence-corrected chi connectivity index (χ1v) is 4.80. The minimum absolute atomic E-state index is 0.0511. The van der Waals surface area contributed by atoms with E-state index in [4.69, 9.17) is 0 Å². The van der Waals surface area contributed by atoms with Crippen LogP contribution in [-0.4, -0.2) is 16.3 Å². The van der Waals surface area contributed by atoms with Crippen molar-refractivity contribution in [2.75, 3.05) is 0 Å². The van der Waals surface area contributed by atoms with Gasteiger partial charge in [-0.05, 0) is 18.2 Å². The number of phenolic OH excluding ortho intramolecular Hbond substituents is 1. The third kappa shape index (κ3) is 2.75. The minimum atomic E-state index is -4.37. The van der Waals surface area contributed by atoms with Crippen LogP contribution in [0.1, 0.15) is 5.69 Å². The van der Waals surface area contributed by atoms with E-state index in [1.54, 1.807) is 18.2 Å². The molecule has 5 heteroatoms. The summed E-state index contributed by atoms with van der Waals surface area (Å²) in [6.07, 6.45) is -3.39. The monoisotopic (exact) mass is 239 g/mol. The molecule has 0 aliphatic rings. The van der Waals surface area contributed by atoms with Crippen LogP contribution in [0.3, 0.4) is 0 Å². The van der Waals surface area contributed by atoms with Crippen molar-refractivity contribution < 1.29 is 18.3 Å². The zero-order valence-corrected chi connectivity index (χ0v) is 8.57. The van der Waals surface area contributed by atoms with Gasteiger partial charge in [0, 0.05) is 11.5 Å². The summed E-state index contributed by atoms with van der Waals surface area (Å²) in [5, 5.41) is 10.2. The molecule has 0 radical (unpaired) electrons. The Morgan fingerprint density at radius 2 is 1.88 bits per heavy atom. The second kappa shape index (κ2) is 4.08. The Morgan fingerprint density at radius 3 is 2.59 bits per heavy atom. The molecule has 17 heavy (non-hydrogen) atoms. The van der Waals surface area contributed by atoms with Crippen molar-refractivity contribution >= 4 is 17.0 Å². The van der Waals surface area contributed by atoms with E-state index in [2.05, 4.69) is 4.98 Å². The number of para-hydroxylation sites is 1. The van der Waals surface area contributed by atoms with Crippen LogP contribution in [0.25, 0.3) is 17.0 Å². The molecule has 2 nitrogen and oxygen atoms in total. The van der Waals surface area contributed by atoms with Gasteiger partial charge in [0.2, 0.25) is 0 Å². The average molecular weight is 239 g/mol. The second-order valence-electron chi connectivity index (χ2n) is 3.46. The lowest BCUT2D eigenvalue weighted by Crippen LogP contribution is -2.00. The molecule has 0 unspecified atom stereocenters. The molecule has 1 aromatic heterocycles. The van der Waals surface area contributed by atoms with Crippen molar-refractivity contribution in [1.29, 1.82) is 0 Å². The van der Waals surface area contributed by atoms with Crippen LogP contribution >= 0.6 is 0 Å². The molecule has 0 bridgehead atoms. The Morgan fingerprint density at radius 1 is 1.12 bits per heavy atom. The Labute approximate surface area is 95.0 Å². The zero-order valence-electron chi connectivity index (χ0n) is 8.57. The maximum Gasteiger partial charge on any atom is 0.409 e. The quantitative estimate of drug-likeness (QED) is 0.825. The fourth-order valence-corrected chi connectivity index (χ4v) is 1.42. The summed E-state index contributed by atoms with van der Waals surface area (Å²) in [5.41, 5.74) is 0.438. The maximum absolute atomic E-state index is 12.0. The predicted octanol–water partition coefficient (Wildman–Crippen LogP) is 3.52. The first kappa shape index (κ1) is 11.4. The molecule has 88 valence electrons. The van der Waals surface area contributed by atoms with Gasteiger partial charge in [0.05, 0.1) is 5.69 Å². The molecule has 0 saturated heterocycles. The highest BCUT2D eigenvalue weighted by atomic mass is 19.4. The van der Waals surface area contributed by atoms with Crippen LogP contribution in [0.4, 0.5) is 13.2 Å². The van der Waals surface area contributed by atoms with E-state index in [-0.39, 0.29) is 23.0 Å². The molecule has 2 aromatic rings. The molecule has 0 aliphatic heterocycles. The fraction of sp³-hybridized carbons (Fsp3) is 0.0833. The van der Waals surface area contributed by atoms with Gasteiger partial charge in [0.25, 0.3) is 0 Å². The number of fused-ring (bicyclic) bond motifs is 1. The lowest BCUT2D eigenvalue weighted by molar-refractivity contribution is -0.0790. The van der Waals surface area contributed by atoms with Crippen LogP contribution in [0, 0.1) is 0 Å². The Bertz CT molecular complexity index is 575. The lowest BCUT2D eigenvalue weighted by atomic mass is 10.2. The standard InChI is InChI=1S/C12H8F3NO/c13-12(14,15)7-6-9-5-4-8-2-1-3-10(17)11(8)16-9/h1-7,17H. The van der Waals surface area contributed by atoms with E-state index >= 15 is 0 Å². The van der Waals surface area contributed by atoms with Gasteiger partial charge in [0.1, 0.15) is 11.3 Å². The second-order valence-corrected chi connectivity index (χ2v) is 3.46. The van der Waals surface area contributed by atoms with E-state index in [1.807, 2.05) is 0 Å². The summed E-state index contributed by atoms with van der Waals surface area (Å²) < 4.78 is 35.9. The molecule has 0 fully saturated rings. The van der Waals surface area contributed by atoms with Gasteiger partial charge in [0.15, 0.2) is 0 Å². The number of aromatic nitrogens is 1. The largest absolute Gasteiger partial charge is 0.506 e. The Hall–Kier alpha value is -2.04. The van der Waals surface area contributed by atoms with Crippen LogP contribution in [-0.2, 0) is 0 Å². The number of allylic oxidation sites excluding steroid dienone is 1. The molecule has 0 spiro atoms. The van der Waals surface area contributed by atoms with Gasteiger partial charge in [-0.15, -0.1) is 0 Å². The smallest absolute Gasteiger partial charge is 0.409 e. The topological polar surface area (TPSA) is 33.1 Å².